The largest absolute Gasteiger partial charge is 0.416 e. The van der Waals surface area contributed by atoms with Gasteiger partial charge < -0.3 is 0 Å². The Morgan fingerprint density at radius 2 is 1.96 bits per heavy atom. The van der Waals surface area contributed by atoms with Crippen LogP contribution in [-0.4, -0.2) is 15.2 Å². The molecule has 4 nitrogen and oxygen atoms in total. The molecule has 0 amide bonds. The molecule has 1 N–H and O–H groups in total. The highest BCUT2D eigenvalue weighted by molar-refractivity contribution is 8.00. The number of rotatable bonds is 3. The Labute approximate surface area is 161 Å². The van der Waals surface area contributed by atoms with Gasteiger partial charge in [0.15, 0.2) is 0 Å². The topological polar surface area (TPSA) is 44.8 Å². The smallest absolute Gasteiger partial charge is 0.293 e. The van der Waals surface area contributed by atoms with Crippen molar-refractivity contribution in [2.45, 2.75) is 36.9 Å². The van der Waals surface area contributed by atoms with Gasteiger partial charge in [-0.05, 0) is 61.9 Å². The van der Waals surface area contributed by atoms with E-state index < -0.39 is 11.7 Å². The number of hydrogen-bond donors (Lipinski definition) is 1. The van der Waals surface area contributed by atoms with Crippen molar-refractivity contribution in [2.75, 3.05) is 4.31 Å². The molecule has 0 saturated heterocycles. The summed E-state index contributed by atoms with van der Waals surface area (Å²) in [5.74, 6) is 0.527. The van der Waals surface area contributed by atoms with Crippen LogP contribution >= 0.6 is 23.3 Å². The van der Waals surface area contributed by atoms with Crippen LogP contribution in [0.3, 0.4) is 0 Å². The van der Waals surface area contributed by atoms with Gasteiger partial charge >= 0.3 is 6.18 Å². The third kappa shape index (κ3) is 2.93. The van der Waals surface area contributed by atoms with Crippen LogP contribution in [0.4, 0.5) is 18.2 Å². The molecule has 1 saturated carbocycles. The Morgan fingerprint density at radius 1 is 1.22 bits per heavy atom. The minimum atomic E-state index is -4.32. The van der Waals surface area contributed by atoms with E-state index in [-0.39, 0.29) is 6.04 Å². The van der Waals surface area contributed by atoms with Crippen LogP contribution < -0.4 is 4.31 Å². The zero-order valence-corrected chi connectivity index (χ0v) is 15.9. The van der Waals surface area contributed by atoms with Crippen molar-refractivity contribution >= 4 is 28.3 Å². The zero-order chi connectivity index (χ0) is 18.8. The van der Waals surface area contributed by atoms with Gasteiger partial charge in [0.1, 0.15) is 10.7 Å². The molecule has 27 heavy (non-hydrogen) atoms. The summed E-state index contributed by atoms with van der Waals surface area (Å²) in [4.78, 5) is 5.44. The van der Waals surface area contributed by atoms with Crippen LogP contribution in [0.1, 0.15) is 35.0 Å². The van der Waals surface area contributed by atoms with Gasteiger partial charge in [-0.2, -0.15) is 18.3 Å². The summed E-state index contributed by atoms with van der Waals surface area (Å²) in [6, 6.07) is 5.51. The fourth-order valence-corrected chi connectivity index (χ4v) is 5.61. The van der Waals surface area contributed by atoms with E-state index in [9.17, 15) is 13.2 Å². The van der Waals surface area contributed by atoms with Gasteiger partial charge in [-0.3, -0.25) is 9.40 Å². The number of halogens is 3. The minimum absolute atomic E-state index is 0.151. The average Bonchev–Trinajstić information content (AvgIpc) is 3.19. The van der Waals surface area contributed by atoms with Gasteiger partial charge in [-0.1, -0.05) is 0 Å². The van der Waals surface area contributed by atoms with E-state index in [1.165, 1.54) is 24.1 Å². The molecule has 1 aromatic carbocycles. The molecule has 3 aromatic rings. The van der Waals surface area contributed by atoms with E-state index in [2.05, 4.69) is 19.5 Å². The second-order valence-electron chi connectivity index (χ2n) is 6.81. The summed E-state index contributed by atoms with van der Waals surface area (Å²) in [5.41, 5.74) is 2.34. The van der Waals surface area contributed by atoms with Gasteiger partial charge in [0.05, 0.1) is 28.5 Å². The number of H-pyrrole nitrogens is 1. The fraction of sp³-hybridized carbons (Fsp3) is 0.333. The standard InChI is InChI=1S/C18H15F3N4S2/c1-9-23-15-14-13(8-22-24-14)16(10-2-3-10)25(17(15)26-9)27-12-6-4-11(5-7-12)18(19,20)21/h4-8,10,16H,2-3H2,1H3,(H,22,24). The van der Waals surface area contributed by atoms with Crippen molar-refractivity contribution in [3.05, 3.63) is 46.6 Å². The number of hydrogen-bond acceptors (Lipinski definition) is 5. The minimum Gasteiger partial charge on any atom is -0.293 e. The second-order valence-corrected chi connectivity index (χ2v) is 9.04. The van der Waals surface area contributed by atoms with Crippen molar-refractivity contribution < 1.29 is 13.2 Å². The molecule has 2 aromatic heterocycles. The molecular weight excluding hydrogens is 393 g/mol. The molecule has 1 aliphatic carbocycles. The van der Waals surface area contributed by atoms with Gasteiger partial charge in [0, 0.05) is 10.5 Å². The highest BCUT2D eigenvalue weighted by Gasteiger charge is 2.44. The lowest BCUT2D eigenvalue weighted by Crippen LogP contribution is -2.26. The van der Waals surface area contributed by atoms with Gasteiger partial charge in [0.2, 0.25) is 0 Å². The number of aromatic nitrogens is 3. The van der Waals surface area contributed by atoms with Crippen molar-refractivity contribution in [1.82, 2.24) is 15.2 Å². The molecule has 1 unspecified atom stereocenters. The number of anilines is 1. The van der Waals surface area contributed by atoms with E-state index in [4.69, 9.17) is 0 Å². The number of fused-ring (bicyclic) bond motifs is 3. The van der Waals surface area contributed by atoms with Crippen LogP contribution in [0.25, 0.3) is 11.4 Å². The van der Waals surface area contributed by atoms with Crippen molar-refractivity contribution in [3.8, 4) is 11.4 Å². The summed E-state index contributed by atoms with van der Waals surface area (Å²) in [5, 5.41) is 9.30. The monoisotopic (exact) mass is 408 g/mol. The van der Waals surface area contributed by atoms with Crippen LogP contribution in [-0.2, 0) is 6.18 Å². The number of benzene rings is 1. The van der Waals surface area contributed by atoms with Gasteiger partial charge in [0.25, 0.3) is 0 Å². The molecule has 2 aliphatic rings. The van der Waals surface area contributed by atoms with Crippen molar-refractivity contribution in [3.63, 3.8) is 0 Å². The summed E-state index contributed by atoms with van der Waals surface area (Å²) in [6.07, 6.45) is -0.173. The van der Waals surface area contributed by atoms with Crippen LogP contribution in [0.2, 0.25) is 0 Å². The normalized spacial score (nSPS) is 19.1. The Balaban J connectivity index is 1.54. The first-order valence-corrected chi connectivity index (χ1v) is 10.2. The first kappa shape index (κ1) is 17.1. The molecule has 3 heterocycles. The highest BCUT2D eigenvalue weighted by Crippen LogP contribution is 2.57. The molecule has 1 fully saturated rings. The number of nitrogens with one attached hydrogen (secondary N) is 1. The second kappa shape index (κ2) is 6.00. The van der Waals surface area contributed by atoms with Crippen LogP contribution in [0, 0.1) is 12.8 Å². The summed E-state index contributed by atoms with van der Waals surface area (Å²) in [7, 11) is 0. The average molecular weight is 408 g/mol. The number of nitrogens with zero attached hydrogens (tertiary/aromatic N) is 3. The van der Waals surface area contributed by atoms with Gasteiger partial charge in [-0.25, -0.2) is 4.98 Å². The SMILES string of the molecule is Cc1nc2c(s1)N(Sc1ccc(C(F)(F)F)cc1)C(C1CC1)c1cn[nH]c1-2. The van der Waals surface area contributed by atoms with Crippen molar-refractivity contribution in [1.29, 1.82) is 0 Å². The quantitative estimate of drug-likeness (QED) is 0.553. The first-order valence-electron chi connectivity index (χ1n) is 8.57. The predicted octanol–water partition coefficient (Wildman–Crippen LogP) is 5.84. The molecule has 140 valence electrons. The fourth-order valence-electron chi connectivity index (χ4n) is 3.46. The molecule has 0 spiro atoms. The maximum absolute atomic E-state index is 12.8. The first-order chi connectivity index (χ1) is 12.9. The van der Waals surface area contributed by atoms with E-state index in [1.54, 1.807) is 11.3 Å². The van der Waals surface area contributed by atoms with E-state index in [1.807, 2.05) is 13.1 Å². The molecular formula is C18H15F3N4S2. The lowest BCUT2D eigenvalue weighted by molar-refractivity contribution is -0.137. The number of alkyl halides is 3. The number of aryl methyl sites for hydroxylation is 1. The Bertz CT molecular complexity index is 989. The van der Waals surface area contributed by atoms with E-state index >= 15 is 0 Å². The summed E-state index contributed by atoms with van der Waals surface area (Å²) in [6.45, 7) is 1.96. The lowest BCUT2D eigenvalue weighted by atomic mass is 9.98. The van der Waals surface area contributed by atoms with E-state index in [0.717, 1.165) is 56.8 Å². The van der Waals surface area contributed by atoms with E-state index in [0.29, 0.717) is 5.92 Å². The lowest BCUT2D eigenvalue weighted by Gasteiger charge is -2.35. The Kier molecular flexibility index (Phi) is 3.80. The molecule has 0 radical (unpaired) electrons. The van der Waals surface area contributed by atoms with Crippen molar-refractivity contribution in [2.24, 2.45) is 5.92 Å². The third-order valence-corrected chi connectivity index (χ3v) is 7.02. The molecule has 1 aliphatic heterocycles. The highest BCUT2D eigenvalue weighted by atomic mass is 32.2. The number of thiazole rings is 1. The number of aromatic amines is 1. The van der Waals surface area contributed by atoms with Crippen LogP contribution in [0.5, 0.6) is 0 Å². The Morgan fingerprint density at radius 3 is 2.63 bits per heavy atom. The molecule has 1 atom stereocenters. The predicted molar refractivity (Wildman–Crippen MR) is 99.7 cm³/mol. The Hall–Kier alpha value is -2.00. The zero-order valence-electron chi connectivity index (χ0n) is 14.2. The third-order valence-electron chi connectivity index (χ3n) is 4.85. The summed E-state index contributed by atoms with van der Waals surface area (Å²) >= 11 is 3.09. The molecule has 0 bridgehead atoms. The maximum atomic E-state index is 12.8. The van der Waals surface area contributed by atoms with Gasteiger partial charge in [-0.15, -0.1) is 11.3 Å². The maximum Gasteiger partial charge on any atom is 0.416 e. The molecule has 5 rings (SSSR count). The summed E-state index contributed by atoms with van der Waals surface area (Å²) < 4.78 is 40.8. The molecule has 9 heteroatoms. The van der Waals surface area contributed by atoms with Crippen LogP contribution in [0.15, 0.2) is 35.4 Å².